The fourth-order valence-corrected chi connectivity index (χ4v) is 4.15. The Morgan fingerprint density at radius 1 is 1.48 bits per heavy atom. The summed E-state index contributed by atoms with van der Waals surface area (Å²) >= 11 is 2.64. The van der Waals surface area contributed by atoms with Crippen LogP contribution in [0.2, 0.25) is 0 Å². The average molecular weight is 359 g/mol. The average Bonchev–Trinajstić information content (AvgIpc) is 3.02. The number of hydrogen-bond acceptors (Lipinski definition) is 6. The summed E-state index contributed by atoms with van der Waals surface area (Å²) in [5.41, 5.74) is 1.47. The van der Waals surface area contributed by atoms with Crippen LogP contribution in [0.15, 0.2) is 5.38 Å². The zero-order chi connectivity index (χ0) is 16.6. The molecule has 0 bridgehead atoms. The van der Waals surface area contributed by atoms with Crippen molar-refractivity contribution in [2.75, 3.05) is 5.32 Å². The van der Waals surface area contributed by atoms with Crippen LogP contribution in [0.25, 0.3) is 10.6 Å². The highest BCUT2D eigenvalue weighted by molar-refractivity contribution is 7.17. The second-order valence-electron chi connectivity index (χ2n) is 5.47. The number of rotatable bonds is 5. The molecule has 1 aliphatic rings. The SMILES string of the molecule is Cc1nc(CO)sc1-c1csc(NC(=O)[C@H]2C[C@@H](C(F)F)C2)n1. The summed E-state index contributed by atoms with van der Waals surface area (Å²) in [4.78, 5) is 21.4. The monoisotopic (exact) mass is 359 g/mol. The first kappa shape index (κ1) is 16.4. The number of hydrogen-bond donors (Lipinski definition) is 2. The number of aliphatic hydroxyl groups is 1. The third-order valence-electron chi connectivity index (χ3n) is 3.84. The minimum absolute atomic E-state index is 0.119. The third kappa shape index (κ3) is 3.41. The quantitative estimate of drug-likeness (QED) is 0.859. The molecule has 5 nitrogen and oxygen atoms in total. The van der Waals surface area contributed by atoms with Gasteiger partial charge in [-0.05, 0) is 19.8 Å². The molecule has 0 aliphatic heterocycles. The summed E-state index contributed by atoms with van der Waals surface area (Å²) in [5, 5.41) is 14.7. The van der Waals surface area contributed by atoms with Crippen molar-refractivity contribution in [3.05, 3.63) is 16.1 Å². The van der Waals surface area contributed by atoms with Crippen molar-refractivity contribution < 1.29 is 18.7 Å². The Balaban J connectivity index is 1.63. The molecule has 2 heterocycles. The van der Waals surface area contributed by atoms with Gasteiger partial charge in [0.05, 0.1) is 22.9 Å². The molecule has 1 saturated carbocycles. The van der Waals surface area contributed by atoms with Crippen molar-refractivity contribution in [1.29, 1.82) is 0 Å². The van der Waals surface area contributed by atoms with Gasteiger partial charge in [0.15, 0.2) is 5.13 Å². The first-order chi connectivity index (χ1) is 11.0. The van der Waals surface area contributed by atoms with E-state index in [2.05, 4.69) is 15.3 Å². The number of thiazole rings is 2. The van der Waals surface area contributed by atoms with Gasteiger partial charge in [0, 0.05) is 17.2 Å². The van der Waals surface area contributed by atoms with Crippen molar-refractivity contribution in [3.8, 4) is 10.6 Å². The van der Waals surface area contributed by atoms with Crippen LogP contribution in [0, 0.1) is 18.8 Å². The van der Waals surface area contributed by atoms with E-state index in [9.17, 15) is 13.6 Å². The minimum atomic E-state index is -2.35. The van der Waals surface area contributed by atoms with E-state index < -0.39 is 12.3 Å². The zero-order valence-electron chi connectivity index (χ0n) is 12.3. The molecule has 9 heteroatoms. The lowest BCUT2D eigenvalue weighted by molar-refractivity contribution is -0.126. The Hall–Kier alpha value is -1.45. The van der Waals surface area contributed by atoms with Crippen LogP contribution < -0.4 is 5.32 Å². The predicted octanol–water partition coefficient (Wildman–Crippen LogP) is 3.30. The fraction of sp³-hybridized carbons (Fsp3) is 0.500. The van der Waals surface area contributed by atoms with Crippen LogP contribution >= 0.6 is 22.7 Å². The summed E-state index contributed by atoms with van der Waals surface area (Å²) in [6.07, 6.45) is -1.88. The zero-order valence-corrected chi connectivity index (χ0v) is 13.9. The topological polar surface area (TPSA) is 75.1 Å². The van der Waals surface area contributed by atoms with Crippen LogP contribution in [0.1, 0.15) is 23.5 Å². The number of nitrogens with one attached hydrogen (secondary N) is 1. The van der Waals surface area contributed by atoms with E-state index in [-0.39, 0.29) is 31.3 Å². The molecule has 124 valence electrons. The number of halogens is 2. The van der Waals surface area contributed by atoms with Gasteiger partial charge in [-0.1, -0.05) is 0 Å². The second-order valence-corrected chi connectivity index (χ2v) is 7.41. The summed E-state index contributed by atoms with van der Waals surface area (Å²) in [5.74, 6) is -1.26. The molecular formula is C14H15F2N3O2S2. The normalized spacial score (nSPS) is 20.6. The number of amides is 1. The van der Waals surface area contributed by atoms with E-state index in [1.165, 1.54) is 22.7 Å². The Kier molecular flexibility index (Phi) is 4.69. The fourth-order valence-electron chi connectivity index (χ4n) is 2.48. The van der Waals surface area contributed by atoms with Gasteiger partial charge in [-0.15, -0.1) is 22.7 Å². The lowest BCUT2D eigenvalue weighted by Gasteiger charge is -2.33. The van der Waals surface area contributed by atoms with E-state index >= 15 is 0 Å². The molecule has 0 saturated heterocycles. The maximum absolute atomic E-state index is 12.4. The Bertz CT molecular complexity index is 711. The molecular weight excluding hydrogens is 344 g/mol. The van der Waals surface area contributed by atoms with Crippen LogP contribution in [0.5, 0.6) is 0 Å². The molecule has 0 atom stereocenters. The van der Waals surface area contributed by atoms with E-state index in [1.54, 1.807) is 5.38 Å². The van der Waals surface area contributed by atoms with Crippen molar-refractivity contribution in [2.24, 2.45) is 11.8 Å². The van der Waals surface area contributed by atoms with Crippen LogP contribution in [-0.2, 0) is 11.4 Å². The molecule has 1 aliphatic carbocycles. The van der Waals surface area contributed by atoms with Crippen LogP contribution in [0.3, 0.4) is 0 Å². The van der Waals surface area contributed by atoms with Crippen molar-refractivity contribution in [1.82, 2.24) is 9.97 Å². The molecule has 1 amide bonds. The summed E-state index contributed by atoms with van der Waals surface area (Å²) in [7, 11) is 0. The van der Waals surface area contributed by atoms with Gasteiger partial charge in [0.1, 0.15) is 5.01 Å². The van der Waals surface area contributed by atoms with Gasteiger partial charge in [-0.3, -0.25) is 4.79 Å². The highest BCUT2D eigenvalue weighted by atomic mass is 32.1. The number of aryl methyl sites for hydroxylation is 1. The maximum atomic E-state index is 12.4. The van der Waals surface area contributed by atoms with Gasteiger partial charge < -0.3 is 10.4 Å². The number of aliphatic hydroxyl groups excluding tert-OH is 1. The van der Waals surface area contributed by atoms with Crippen LogP contribution in [0.4, 0.5) is 13.9 Å². The third-order valence-corrected chi connectivity index (χ3v) is 5.77. The number of aromatic nitrogens is 2. The Labute approximate surface area is 139 Å². The van der Waals surface area contributed by atoms with Gasteiger partial charge in [0.25, 0.3) is 0 Å². The van der Waals surface area contributed by atoms with E-state index in [0.717, 1.165) is 10.6 Å². The second kappa shape index (κ2) is 6.58. The van der Waals surface area contributed by atoms with Gasteiger partial charge >= 0.3 is 0 Å². The highest BCUT2D eigenvalue weighted by Crippen LogP contribution is 2.39. The van der Waals surface area contributed by atoms with E-state index in [1.807, 2.05) is 6.92 Å². The number of alkyl halides is 2. The van der Waals surface area contributed by atoms with E-state index in [4.69, 9.17) is 5.11 Å². The summed E-state index contributed by atoms with van der Waals surface area (Å²) < 4.78 is 24.9. The standard InChI is InChI=1S/C14H15F2N3O2S2/c1-6-11(23-10(4-20)17-6)9-5-22-14(18-9)19-13(21)8-2-7(3-8)12(15)16/h5,7-8,12,20H,2-4H2,1H3,(H,18,19,21)/t7-,8+. The molecule has 23 heavy (non-hydrogen) atoms. The predicted molar refractivity (Wildman–Crippen MR) is 84.7 cm³/mol. The smallest absolute Gasteiger partial charge is 0.241 e. The number of carbonyl (C=O) groups is 1. The van der Waals surface area contributed by atoms with Gasteiger partial charge in [0.2, 0.25) is 12.3 Å². The van der Waals surface area contributed by atoms with Crippen molar-refractivity contribution >= 4 is 33.7 Å². The lowest BCUT2D eigenvalue weighted by Crippen LogP contribution is -2.37. The summed E-state index contributed by atoms with van der Waals surface area (Å²) in [6.45, 7) is 1.72. The molecule has 2 aromatic heterocycles. The number of anilines is 1. The molecule has 0 radical (unpaired) electrons. The molecule has 0 aromatic carbocycles. The minimum Gasteiger partial charge on any atom is -0.389 e. The Morgan fingerprint density at radius 2 is 2.22 bits per heavy atom. The van der Waals surface area contributed by atoms with Gasteiger partial charge in [-0.2, -0.15) is 0 Å². The van der Waals surface area contributed by atoms with Crippen molar-refractivity contribution in [2.45, 2.75) is 32.8 Å². The molecule has 0 spiro atoms. The number of nitrogens with zero attached hydrogens (tertiary/aromatic N) is 2. The largest absolute Gasteiger partial charge is 0.389 e. The molecule has 2 N–H and O–H groups in total. The first-order valence-electron chi connectivity index (χ1n) is 7.10. The van der Waals surface area contributed by atoms with Gasteiger partial charge in [-0.25, -0.2) is 18.7 Å². The van der Waals surface area contributed by atoms with E-state index in [0.29, 0.717) is 15.8 Å². The summed E-state index contributed by atoms with van der Waals surface area (Å²) in [6, 6.07) is 0. The molecule has 1 fully saturated rings. The van der Waals surface area contributed by atoms with Crippen molar-refractivity contribution in [3.63, 3.8) is 0 Å². The number of carbonyl (C=O) groups excluding carboxylic acids is 1. The molecule has 2 aromatic rings. The lowest BCUT2D eigenvalue weighted by atomic mass is 9.74. The maximum Gasteiger partial charge on any atom is 0.241 e. The molecule has 0 unspecified atom stereocenters. The Morgan fingerprint density at radius 3 is 2.83 bits per heavy atom. The van der Waals surface area contributed by atoms with Crippen LogP contribution in [-0.4, -0.2) is 27.4 Å². The highest BCUT2D eigenvalue weighted by Gasteiger charge is 2.39. The first-order valence-corrected chi connectivity index (χ1v) is 8.79. The molecule has 3 rings (SSSR count).